The zero-order valence-corrected chi connectivity index (χ0v) is 70.1. The van der Waals surface area contributed by atoms with Crippen LogP contribution in [0, 0.1) is 104 Å². The molecule has 8 nitrogen and oxygen atoms in total. The third-order valence-corrected chi connectivity index (χ3v) is 19.2. The van der Waals surface area contributed by atoms with Gasteiger partial charge in [0.05, 0.1) is 11.1 Å². The van der Waals surface area contributed by atoms with Crippen LogP contribution in [0.3, 0.4) is 0 Å². The van der Waals surface area contributed by atoms with Crippen molar-refractivity contribution in [2.75, 3.05) is 0 Å². The van der Waals surface area contributed by atoms with Gasteiger partial charge in [-0.25, -0.2) is 4.79 Å². The van der Waals surface area contributed by atoms with E-state index in [1.165, 1.54) is 72.8 Å². The molecule has 0 aliphatic heterocycles. The van der Waals surface area contributed by atoms with Crippen LogP contribution in [-0.4, -0.2) is 11.8 Å². The molecule has 0 fully saturated rings. The van der Waals surface area contributed by atoms with E-state index in [1.807, 2.05) is 236 Å². The van der Waals surface area contributed by atoms with E-state index in [-0.39, 0.29) is 22.9 Å². The molecule has 0 amide bonds. The number of halogens is 3. The van der Waals surface area contributed by atoms with Gasteiger partial charge in [-0.15, -0.1) is 0 Å². The van der Waals surface area contributed by atoms with Gasteiger partial charge in [0, 0.05) is 17.4 Å². The summed E-state index contributed by atoms with van der Waals surface area (Å²) in [5.74, 6) is 7.68. The lowest BCUT2D eigenvalue weighted by molar-refractivity contribution is -0.138. The third kappa shape index (κ3) is 28.2. The van der Waals surface area contributed by atoms with E-state index >= 15 is 0 Å². The van der Waals surface area contributed by atoms with Crippen molar-refractivity contribution >= 4 is 11.8 Å². The topological polar surface area (TPSA) is 89.5 Å². The lowest BCUT2D eigenvalue weighted by atomic mass is 9.78. The molecule has 117 heavy (non-hydrogen) atoms. The molecule has 11 heteroatoms. The maximum absolute atomic E-state index is 13.0. The van der Waals surface area contributed by atoms with Gasteiger partial charge in [0.1, 0.15) is 63.2 Å². The third-order valence-electron chi connectivity index (χ3n) is 19.2. The summed E-state index contributed by atoms with van der Waals surface area (Å²) in [7, 11) is 0. The minimum Gasteiger partial charge on any atom is -0.457 e. The van der Waals surface area contributed by atoms with Crippen LogP contribution in [0.2, 0.25) is 0 Å². The van der Waals surface area contributed by atoms with Gasteiger partial charge < -0.3 is 28.4 Å². The standard InChI is InChI=1S/C29H28O2.C16H15F3O.C16H18O.C16H16O.C15H14O2.C14H14O/c1-21-5-13-25(14-6-21)30-27-17-9-23(10-18-27)29(3,4)24-11-19-28(20-12-24)31-26-15-7-22(2)8-16-26;1-10-4-6-14(12(3)8-10)20-15-7-5-11(2)9-13(15)16(17,18)19;1-11-5-7-15(13(3)9-11)17-16-8-6-12(2)10-14(16)4;1-12-3-7-14(8-4-12)11-16(17)15-9-5-13(2)6-10-15;1-11-3-7-13(8-4-11)15(16)17-14-9-5-12(2)6-10-14;1-11-3-7-13(8-4-11)15-14-9-5-12(2)6-10-14/h5-20H,1-4H3;4-9H,1-3H3;5-10H,1-4H3;3-10H,11H2,1-2H3;3-10H,1-2H3;3-10H,1-2H3. The highest BCUT2D eigenvalue weighted by Gasteiger charge is 2.35. The van der Waals surface area contributed by atoms with Crippen LogP contribution in [0.5, 0.6) is 63.2 Å². The molecule has 0 spiro atoms. The Labute approximate surface area is 690 Å². The average Bonchev–Trinajstić information content (AvgIpc) is 0.807. The Morgan fingerprint density at radius 1 is 0.256 bits per heavy atom. The van der Waals surface area contributed by atoms with Crippen LogP contribution in [0.1, 0.15) is 140 Å². The minimum absolute atomic E-state index is 0.134. The second-order valence-corrected chi connectivity index (χ2v) is 30.3. The number of alkyl halides is 3. The summed E-state index contributed by atoms with van der Waals surface area (Å²) in [4.78, 5) is 23.8. The van der Waals surface area contributed by atoms with E-state index in [4.69, 9.17) is 28.4 Å². The smallest absolute Gasteiger partial charge is 0.419 e. The number of hydrogen-bond donors (Lipinski definition) is 0. The monoisotopic (exact) mass is 1560 g/mol. The number of aryl methyl sites for hydroxylation is 15. The fraction of sp³-hybridized carbons (Fsp3) is 0.189. The molecule has 0 bridgehead atoms. The number of ketones is 1. The molecule has 0 aliphatic carbocycles. The van der Waals surface area contributed by atoms with Gasteiger partial charge in [0.15, 0.2) is 5.78 Å². The Morgan fingerprint density at radius 3 is 0.795 bits per heavy atom. The lowest BCUT2D eigenvalue weighted by Gasteiger charge is -2.26. The fourth-order valence-electron chi connectivity index (χ4n) is 12.0. The molecule has 0 unspecified atom stereocenters. The van der Waals surface area contributed by atoms with Crippen LogP contribution in [0.25, 0.3) is 0 Å². The van der Waals surface area contributed by atoms with Crippen molar-refractivity contribution in [2.24, 2.45) is 0 Å². The predicted molar refractivity (Wildman–Crippen MR) is 472 cm³/mol. The van der Waals surface area contributed by atoms with Crippen molar-refractivity contribution < 1.29 is 51.2 Å². The van der Waals surface area contributed by atoms with Crippen molar-refractivity contribution in [1.82, 2.24) is 0 Å². The summed E-state index contributed by atoms with van der Waals surface area (Å²) >= 11 is 0. The Bertz CT molecular complexity index is 5210. The predicted octanol–water partition coefficient (Wildman–Crippen LogP) is 29.7. The van der Waals surface area contributed by atoms with Gasteiger partial charge >= 0.3 is 12.1 Å². The summed E-state index contributed by atoms with van der Waals surface area (Å²) in [6.07, 6.45) is -3.96. The molecule has 598 valence electrons. The Hall–Kier alpha value is -13.0. The first-order valence-corrected chi connectivity index (χ1v) is 39.0. The zero-order chi connectivity index (χ0) is 84.3. The molecule has 0 saturated heterocycles. The number of esters is 1. The van der Waals surface area contributed by atoms with E-state index in [0.29, 0.717) is 29.0 Å². The number of rotatable bonds is 17. The van der Waals surface area contributed by atoms with Crippen LogP contribution >= 0.6 is 0 Å². The number of carbonyl (C=O) groups excluding carboxylic acids is 2. The first-order valence-electron chi connectivity index (χ1n) is 39.0. The Kier molecular flexibility index (Phi) is 31.5. The fourth-order valence-corrected chi connectivity index (χ4v) is 12.0. The van der Waals surface area contributed by atoms with E-state index < -0.39 is 11.7 Å². The molecular weight excluding hydrogens is 1460 g/mol. The molecule has 0 heterocycles. The minimum atomic E-state index is -4.43. The summed E-state index contributed by atoms with van der Waals surface area (Å²) in [5.41, 5.74) is 20.8. The molecule has 0 saturated carbocycles. The maximum atomic E-state index is 13.0. The molecule has 14 rings (SSSR count). The molecule has 0 aliphatic rings. The van der Waals surface area contributed by atoms with Crippen molar-refractivity contribution in [3.63, 3.8) is 0 Å². The molecule has 14 aromatic rings. The average molecular weight is 1560 g/mol. The number of ether oxygens (including phenoxy) is 6. The Morgan fingerprint density at radius 2 is 0.496 bits per heavy atom. The second kappa shape index (κ2) is 41.9. The zero-order valence-electron chi connectivity index (χ0n) is 70.1. The molecule has 0 N–H and O–H groups in total. The number of benzene rings is 14. The van der Waals surface area contributed by atoms with Crippen LogP contribution in [0.15, 0.2) is 315 Å². The normalized spacial score (nSPS) is 10.7. The van der Waals surface area contributed by atoms with Gasteiger partial charge in [0.2, 0.25) is 0 Å². The van der Waals surface area contributed by atoms with E-state index in [9.17, 15) is 22.8 Å². The molecule has 0 radical (unpaired) electrons. The summed E-state index contributed by atoms with van der Waals surface area (Å²) in [5, 5.41) is 0. The van der Waals surface area contributed by atoms with E-state index in [0.717, 1.165) is 85.4 Å². The Balaban J connectivity index is 0.000000164. The summed E-state index contributed by atoms with van der Waals surface area (Å²) in [6, 6.07) is 101. The summed E-state index contributed by atoms with van der Waals surface area (Å²) < 4.78 is 73.3. The number of carbonyl (C=O) groups is 2. The first-order chi connectivity index (χ1) is 55.8. The van der Waals surface area contributed by atoms with Gasteiger partial charge in [-0.3, -0.25) is 4.79 Å². The van der Waals surface area contributed by atoms with Crippen LogP contribution in [0.4, 0.5) is 13.2 Å². The van der Waals surface area contributed by atoms with Crippen molar-refractivity contribution in [3.05, 3.63) is 432 Å². The number of Topliss-reactive ketones (excluding diaryl/α,β-unsaturated/α-hetero) is 1. The van der Waals surface area contributed by atoms with Crippen LogP contribution < -0.4 is 28.4 Å². The molecule has 0 aromatic heterocycles. The maximum Gasteiger partial charge on any atom is 0.419 e. The lowest BCUT2D eigenvalue weighted by Crippen LogP contribution is -2.18. The highest BCUT2D eigenvalue weighted by atomic mass is 19.4. The van der Waals surface area contributed by atoms with E-state index in [1.54, 1.807) is 43.3 Å². The highest BCUT2D eigenvalue weighted by molar-refractivity contribution is 5.97. The highest BCUT2D eigenvalue weighted by Crippen LogP contribution is 2.40. The van der Waals surface area contributed by atoms with Gasteiger partial charge in [-0.2, -0.15) is 13.2 Å². The van der Waals surface area contributed by atoms with Crippen molar-refractivity contribution in [1.29, 1.82) is 0 Å². The van der Waals surface area contributed by atoms with Crippen molar-refractivity contribution in [2.45, 2.75) is 136 Å². The van der Waals surface area contributed by atoms with Crippen molar-refractivity contribution in [3.8, 4) is 63.2 Å². The van der Waals surface area contributed by atoms with Gasteiger partial charge in [-0.1, -0.05) is 269 Å². The first kappa shape index (κ1) is 88.0. The summed E-state index contributed by atoms with van der Waals surface area (Å²) in [6.45, 7) is 34.5. The van der Waals surface area contributed by atoms with Gasteiger partial charge in [0.25, 0.3) is 0 Å². The van der Waals surface area contributed by atoms with Gasteiger partial charge in [-0.05, 0) is 265 Å². The number of hydrogen-bond acceptors (Lipinski definition) is 8. The molecule has 14 aromatic carbocycles. The molecule has 0 atom stereocenters. The van der Waals surface area contributed by atoms with E-state index in [2.05, 4.69) is 142 Å². The SMILES string of the molecule is Cc1ccc(CC(=O)c2ccc(C)cc2)cc1.Cc1ccc(OC(=O)c2ccc(C)cc2)cc1.Cc1ccc(Oc2ccc(C(C)(C)c3ccc(Oc4ccc(C)cc4)cc3)cc2)cc1.Cc1ccc(Oc2ccc(C)cc2)cc1.Cc1ccc(Oc2ccc(C)cc2C(F)(F)F)c(C)c1.Cc1ccc(Oc2ccc(C)cc2C)c(C)c1. The molecular formula is C106H105F3O8. The second-order valence-electron chi connectivity index (χ2n) is 30.3. The largest absolute Gasteiger partial charge is 0.457 e. The van der Waals surface area contributed by atoms with Crippen LogP contribution in [-0.2, 0) is 18.0 Å². The quantitative estimate of drug-likeness (QED) is 0.0506.